The number of hydrogen-bond acceptors (Lipinski definition) is 2. The molecule has 17 heavy (non-hydrogen) atoms. The number of amides is 1. The van der Waals surface area contributed by atoms with Gasteiger partial charge in [0, 0.05) is 12.6 Å². The fourth-order valence-electron chi connectivity index (χ4n) is 1.68. The predicted molar refractivity (Wildman–Crippen MR) is 72.2 cm³/mol. The monoisotopic (exact) mass is 234 g/mol. The first-order valence-corrected chi connectivity index (χ1v) is 6.29. The van der Waals surface area contributed by atoms with Gasteiger partial charge in [-0.15, -0.1) is 0 Å². The third kappa shape index (κ3) is 6.07. The summed E-state index contributed by atoms with van der Waals surface area (Å²) in [5, 5.41) is 6.15. The summed E-state index contributed by atoms with van der Waals surface area (Å²) in [5.74, 6) is -0.0264. The van der Waals surface area contributed by atoms with Crippen LogP contribution in [0.15, 0.2) is 24.3 Å². The van der Waals surface area contributed by atoms with Crippen molar-refractivity contribution in [3.8, 4) is 0 Å². The Hall–Kier alpha value is -1.35. The van der Waals surface area contributed by atoms with Gasteiger partial charge in [0.25, 0.3) is 0 Å². The normalized spacial score (nSPS) is 10.2. The first-order chi connectivity index (χ1) is 8.22. The summed E-state index contributed by atoms with van der Waals surface area (Å²) in [6.45, 7) is 5.86. The molecule has 0 atom stereocenters. The zero-order chi connectivity index (χ0) is 12.5. The van der Waals surface area contributed by atoms with Crippen LogP contribution in [0.3, 0.4) is 0 Å². The summed E-state index contributed by atoms with van der Waals surface area (Å²) in [5.41, 5.74) is 2.18. The summed E-state index contributed by atoms with van der Waals surface area (Å²) in [6.07, 6.45) is 3.42. The smallest absolute Gasteiger partial charge is 0.221 e. The third-order valence-corrected chi connectivity index (χ3v) is 2.52. The van der Waals surface area contributed by atoms with Gasteiger partial charge in [0.15, 0.2) is 0 Å². The summed E-state index contributed by atoms with van der Waals surface area (Å²) >= 11 is 0. The lowest BCUT2D eigenvalue weighted by molar-refractivity contribution is -0.114. The molecule has 1 aromatic carbocycles. The molecule has 0 aliphatic rings. The lowest BCUT2D eigenvalue weighted by atomic mass is 10.1. The molecule has 0 unspecified atom stereocenters. The molecule has 2 N–H and O–H groups in total. The Labute approximate surface area is 104 Å². The summed E-state index contributed by atoms with van der Waals surface area (Å²) in [4.78, 5) is 10.9. The number of carbonyl (C=O) groups excluding carboxylic acids is 1. The minimum absolute atomic E-state index is 0.0264. The molecule has 0 fully saturated rings. The number of carbonyl (C=O) groups is 1. The van der Waals surface area contributed by atoms with Gasteiger partial charge >= 0.3 is 0 Å². The Kier molecular flexibility index (Phi) is 6.33. The van der Waals surface area contributed by atoms with Crippen LogP contribution in [0, 0.1) is 0 Å². The van der Waals surface area contributed by atoms with Crippen molar-refractivity contribution in [3.63, 3.8) is 0 Å². The average Bonchev–Trinajstić information content (AvgIpc) is 2.30. The maximum atomic E-state index is 10.9. The van der Waals surface area contributed by atoms with Crippen molar-refractivity contribution in [1.82, 2.24) is 5.32 Å². The first kappa shape index (κ1) is 13.7. The molecule has 0 heterocycles. The molecule has 0 saturated carbocycles. The summed E-state index contributed by atoms with van der Waals surface area (Å²) < 4.78 is 0. The van der Waals surface area contributed by atoms with Crippen molar-refractivity contribution in [1.29, 1.82) is 0 Å². The average molecular weight is 234 g/mol. The maximum absolute atomic E-state index is 10.9. The number of benzene rings is 1. The Morgan fingerprint density at radius 2 is 1.88 bits per heavy atom. The molecule has 0 bridgehead atoms. The molecule has 3 nitrogen and oxygen atoms in total. The number of anilines is 1. The van der Waals surface area contributed by atoms with Gasteiger partial charge in [-0.05, 0) is 50.0 Å². The zero-order valence-electron chi connectivity index (χ0n) is 10.8. The van der Waals surface area contributed by atoms with Crippen molar-refractivity contribution in [3.05, 3.63) is 29.8 Å². The SMILES string of the molecule is CCCNCCCc1ccc(NC(C)=O)cc1. The Morgan fingerprint density at radius 3 is 2.47 bits per heavy atom. The summed E-state index contributed by atoms with van der Waals surface area (Å²) in [6, 6.07) is 8.06. The molecule has 1 rings (SSSR count). The molecule has 94 valence electrons. The van der Waals surface area contributed by atoms with Crippen molar-refractivity contribution in [2.75, 3.05) is 18.4 Å². The van der Waals surface area contributed by atoms with Crippen LogP contribution in [-0.2, 0) is 11.2 Å². The van der Waals surface area contributed by atoms with Gasteiger partial charge in [0.2, 0.25) is 5.91 Å². The number of nitrogens with one attached hydrogen (secondary N) is 2. The minimum Gasteiger partial charge on any atom is -0.326 e. The van der Waals surface area contributed by atoms with Gasteiger partial charge in [-0.2, -0.15) is 0 Å². The van der Waals surface area contributed by atoms with Gasteiger partial charge in [-0.1, -0.05) is 19.1 Å². The van der Waals surface area contributed by atoms with E-state index in [9.17, 15) is 4.79 Å². The highest BCUT2D eigenvalue weighted by molar-refractivity contribution is 5.88. The van der Waals surface area contributed by atoms with E-state index in [-0.39, 0.29) is 5.91 Å². The molecule has 0 aliphatic carbocycles. The van der Waals surface area contributed by atoms with Gasteiger partial charge in [0.1, 0.15) is 0 Å². The van der Waals surface area contributed by atoms with E-state index >= 15 is 0 Å². The van der Waals surface area contributed by atoms with Crippen molar-refractivity contribution >= 4 is 11.6 Å². The predicted octanol–water partition coefficient (Wildman–Crippen LogP) is 2.58. The van der Waals surface area contributed by atoms with E-state index in [4.69, 9.17) is 0 Å². The van der Waals surface area contributed by atoms with Crippen LogP contribution in [0.5, 0.6) is 0 Å². The van der Waals surface area contributed by atoms with Crippen LogP contribution in [0.2, 0.25) is 0 Å². The maximum Gasteiger partial charge on any atom is 0.221 e. The molecule has 0 spiro atoms. The first-order valence-electron chi connectivity index (χ1n) is 6.29. The standard InChI is InChI=1S/C14H22N2O/c1-3-10-15-11-4-5-13-6-8-14(9-7-13)16-12(2)17/h6-9,15H,3-5,10-11H2,1-2H3,(H,16,17). The largest absolute Gasteiger partial charge is 0.326 e. The molecule has 0 saturated heterocycles. The summed E-state index contributed by atoms with van der Waals surface area (Å²) in [7, 11) is 0. The Bertz CT molecular complexity index is 333. The quantitative estimate of drug-likeness (QED) is 0.712. The second kappa shape index (κ2) is 7.85. The van der Waals surface area contributed by atoms with Crippen LogP contribution in [-0.4, -0.2) is 19.0 Å². The second-order valence-electron chi connectivity index (χ2n) is 4.23. The minimum atomic E-state index is -0.0264. The molecule has 1 aromatic rings. The number of hydrogen-bond donors (Lipinski definition) is 2. The Morgan fingerprint density at radius 1 is 1.18 bits per heavy atom. The second-order valence-corrected chi connectivity index (χ2v) is 4.23. The van der Waals surface area contributed by atoms with Crippen molar-refractivity contribution in [2.24, 2.45) is 0 Å². The van der Waals surface area contributed by atoms with E-state index in [1.807, 2.05) is 12.1 Å². The van der Waals surface area contributed by atoms with E-state index in [2.05, 4.69) is 29.7 Å². The highest BCUT2D eigenvalue weighted by Crippen LogP contribution is 2.10. The van der Waals surface area contributed by atoms with Crippen molar-refractivity contribution < 1.29 is 4.79 Å². The highest BCUT2D eigenvalue weighted by Gasteiger charge is 1.96. The molecule has 0 aliphatic heterocycles. The molecular formula is C14H22N2O. The van der Waals surface area contributed by atoms with Gasteiger partial charge in [0.05, 0.1) is 0 Å². The molecule has 0 aromatic heterocycles. The van der Waals surface area contributed by atoms with E-state index in [0.717, 1.165) is 31.6 Å². The van der Waals surface area contributed by atoms with Crippen LogP contribution < -0.4 is 10.6 Å². The highest BCUT2D eigenvalue weighted by atomic mass is 16.1. The molecular weight excluding hydrogens is 212 g/mol. The van der Waals surface area contributed by atoms with Crippen LogP contribution in [0.25, 0.3) is 0 Å². The fourth-order valence-corrected chi connectivity index (χ4v) is 1.68. The van der Waals surface area contributed by atoms with E-state index in [1.54, 1.807) is 0 Å². The van der Waals surface area contributed by atoms with Crippen LogP contribution >= 0.6 is 0 Å². The lowest BCUT2D eigenvalue weighted by Gasteiger charge is -2.05. The van der Waals surface area contributed by atoms with Crippen molar-refractivity contribution in [2.45, 2.75) is 33.1 Å². The van der Waals surface area contributed by atoms with Crippen LogP contribution in [0.4, 0.5) is 5.69 Å². The molecule has 3 heteroatoms. The van der Waals surface area contributed by atoms with Crippen LogP contribution in [0.1, 0.15) is 32.3 Å². The number of rotatable bonds is 7. The topological polar surface area (TPSA) is 41.1 Å². The number of aryl methyl sites for hydroxylation is 1. The van der Waals surface area contributed by atoms with Gasteiger partial charge < -0.3 is 10.6 Å². The van der Waals surface area contributed by atoms with E-state index < -0.39 is 0 Å². The Balaban J connectivity index is 2.28. The molecule has 0 radical (unpaired) electrons. The molecule has 1 amide bonds. The third-order valence-electron chi connectivity index (χ3n) is 2.52. The zero-order valence-corrected chi connectivity index (χ0v) is 10.8. The van der Waals surface area contributed by atoms with Gasteiger partial charge in [-0.3, -0.25) is 4.79 Å². The van der Waals surface area contributed by atoms with E-state index in [0.29, 0.717) is 0 Å². The van der Waals surface area contributed by atoms with E-state index in [1.165, 1.54) is 18.9 Å². The van der Waals surface area contributed by atoms with Gasteiger partial charge in [-0.25, -0.2) is 0 Å². The fraction of sp³-hybridized carbons (Fsp3) is 0.500. The lowest BCUT2D eigenvalue weighted by Crippen LogP contribution is -2.16.